The van der Waals surface area contributed by atoms with Crippen LogP contribution in [0, 0.1) is 0 Å². The van der Waals surface area contributed by atoms with E-state index in [4.69, 9.17) is 21.1 Å². The molecule has 1 aromatic heterocycles. The maximum Gasteiger partial charge on any atom is 0.253 e. The van der Waals surface area contributed by atoms with Crippen LogP contribution in [0.3, 0.4) is 0 Å². The highest BCUT2D eigenvalue weighted by Crippen LogP contribution is 2.17. The normalized spacial score (nSPS) is 10.1. The number of ether oxygens (including phenoxy) is 2. The van der Waals surface area contributed by atoms with E-state index < -0.39 is 0 Å². The van der Waals surface area contributed by atoms with Crippen molar-refractivity contribution in [3.63, 3.8) is 0 Å². The van der Waals surface area contributed by atoms with Gasteiger partial charge in [-0.25, -0.2) is 4.98 Å². The first-order valence-corrected chi connectivity index (χ1v) is 7.12. The third kappa shape index (κ3) is 4.36. The van der Waals surface area contributed by atoms with E-state index in [0.29, 0.717) is 23.9 Å². The second-order valence-corrected chi connectivity index (χ2v) is 5.01. The number of likely N-dealkylation sites (N-methyl/N-ethyl adjacent to an activating group) is 1. The highest BCUT2D eigenvalue weighted by atomic mass is 35.5. The number of hydrogen-bond acceptors (Lipinski definition) is 4. The molecule has 2 aromatic rings. The number of aromatic nitrogens is 1. The number of halogens is 1. The largest absolute Gasteiger partial charge is 0.497 e. The van der Waals surface area contributed by atoms with Gasteiger partial charge < -0.3 is 14.4 Å². The summed E-state index contributed by atoms with van der Waals surface area (Å²) < 4.78 is 10.7. The summed E-state index contributed by atoms with van der Waals surface area (Å²) in [7, 11) is 3.33. The molecule has 5 nitrogen and oxygen atoms in total. The van der Waals surface area contributed by atoms with Crippen molar-refractivity contribution < 1.29 is 14.3 Å². The molecule has 0 saturated heterocycles. The summed E-state index contributed by atoms with van der Waals surface area (Å²) in [4.78, 5) is 17.6. The van der Waals surface area contributed by atoms with Crippen molar-refractivity contribution in [2.45, 2.75) is 0 Å². The number of carbonyl (C=O) groups is 1. The lowest BCUT2D eigenvalue weighted by molar-refractivity contribution is 0.0773. The van der Waals surface area contributed by atoms with Crippen LogP contribution >= 0.6 is 11.6 Å². The highest BCUT2D eigenvalue weighted by molar-refractivity contribution is 6.29. The summed E-state index contributed by atoms with van der Waals surface area (Å²) in [6.45, 7) is 0.859. The molecule has 0 atom stereocenters. The van der Waals surface area contributed by atoms with Gasteiger partial charge in [-0.1, -0.05) is 11.6 Å². The van der Waals surface area contributed by atoms with Crippen LogP contribution in [0.15, 0.2) is 42.6 Å². The Morgan fingerprint density at radius 3 is 2.55 bits per heavy atom. The maximum atomic E-state index is 12.2. The molecular formula is C16H17ClN2O3. The van der Waals surface area contributed by atoms with Crippen LogP contribution in [0.4, 0.5) is 0 Å². The first-order chi connectivity index (χ1) is 10.6. The highest BCUT2D eigenvalue weighted by Gasteiger charge is 2.12. The monoisotopic (exact) mass is 320 g/mol. The minimum absolute atomic E-state index is 0.123. The van der Waals surface area contributed by atoms with Gasteiger partial charge in [0.15, 0.2) is 0 Å². The van der Waals surface area contributed by atoms with Crippen LogP contribution in [-0.4, -0.2) is 43.1 Å². The third-order valence-electron chi connectivity index (χ3n) is 3.08. The molecule has 0 saturated carbocycles. The minimum atomic E-state index is -0.123. The molecule has 0 radical (unpaired) electrons. The minimum Gasteiger partial charge on any atom is -0.497 e. The fraction of sp³-hybridized carbons (Fsp3) is 0.250. The van der Waals surface area contributed by atoms with Crippen molar-refractivity contribution in [1.82, 2.24) is 9.88 Å². The molecule has 0 spiro atoms. The quantitative estimate of drug-likeness (QED) is 0.768. The number of rotatable bonds is 6. The summed E-state index contributed by atoms with van der Waals surface area (Å²) in [5.74, 6) is 1.38. The predicted octanol–water partition coefficient (Wildman–Crippen LogP) is 2.89. The van der Waals surface area contributed by atoms with Crippen molar-refractivity contribution in [3.8, 4) is 11.5 Å². The summed E-state index contributed by atoms with van der Waals surface area (Å²) in [5, 5.41) is 0.300. The zero-order valence-electron chi connectivity index (χ0n) is 12.5. The third-order valence-corrected chi connectivity index (χ3v) is 3.28. The lowest BCUT2D eigenvalue weighted by Crippen LogP contribution is -2.30. The van der Waals surface area contributed by atoms with Crippen LogP contribution in [0.1, 0.15) is 10.4 Å². The van der Waals surface area contributed by atoms with Crippen LogP contribution in [-0.2, 0) is 0 Å². The predicted molar refractivity (Wildman–Crippen MR) is 84.7 cm³/mol. The summed E-state index contributed by atoms with van der Waals surface area (Å²) in [5.41, 5.74) is 0.506. The van der Waals surface area contributed by atoms with E-state index >= 15 is 0 Å². The molecule has 0 aliphatic rings. The molecule has 1 heterocycles. The Balaban J connectivity index is 1.84. The average Bonchev–Trinajstić information content (AvgIpc) is 2.54. The molecule has 1 amide bonds. The molecule has 1 aromatic carbocycles. The lowest BCUT2D eigenvalue weighted by Gasteiger charge is -2.17. The van der Waals surface area contributed by atoms with Gasteiger partial charge in [0.1, 0.15) is 23.3 Å². The van der Waals surface area contributed by atoms with Crippen LogP contribution in [0.2, 0.25) is 5.15 Å². The van der Waals surface area contributed by atoms with Gasteiger partial charge in [-0.15, -0.1) is 0 Å². The Morgan fingerprint density at radius 2 is 1.91 bits per heavy atom. The Hall–Kier alpha value is -2.27. The molecule has 0 N–H and O–H groups in total. The zero-order valence-corrected chi connectivity index (χ0v) is 13.2. The molecule has 2 rings (SSSR count). The Kier molecular flexibility index (Phi) is 5.61. The van der Waals surface area contributed by atoms with Gasteiger partial charge in [-0.2, -0.15) is 0 Å². The van der Waals surface area contributed by atoms with Crippen molar-refractivity contribution >= 4 is 17.5 Å². The number of benzene rings is 1. The van der Waals surface area contributed by atoms with Gasteiger partial charge in [0.25, 0.3) is 5.91 Å². The second-order valence-electron chi connectivity index (χ2n) is 4.62. The molecule has 6 heteroatoms. The molecule has 116 valence electrons. The first kappa shape index (κ1) is 16.1. The number of amides is 1. The number of pyridine rings is 1. The van der Waals surface area contributed by atoms with Crippen molar-refractivity contribution in [3.05, 3.63) is 53.3 Å². The van der Waals surface area contributed by atoms with Crippen molar-refractivity contribution in [2.75, 3.05) is 27.3 Å². The smallest absolute Gasteiger partial charge is 0.253 e. The van der Waals surface area contributed by atoms with Gasteiger partial charge in [0.05, 0.1) is 13.7 Å². The number of methoxy groups -OCH3 is 1. The molecule has 0 aliphatic carbocycles. The van der Waals surface area contributed by atoms with E-state index in [1.165, 1.54) is 6.20 Å². The average molecular weight is 321 g/mol. The molecule has 0 bridgehead atoms. The van der Waals surface area contributed by atoms with E-state index in [-0.39, 0.29) is 5.91 Å². The van der Waals surface area contributed by atoms with E-state index in [0.717, 1.165) is 11.5 Å². The molecule has 0 fully saturated rings. The zero-order chi connectivity index (χ0) is 15.9. The van der Waals surface area contributed by atoms with Gasteiger partial charge in [-0.05, 0) is 36.4 Å². The fourth-order valence-corrected chi connectivity index (χ4v) is 2.00. The second kappa shape index (κ2) is 7.66. The summed E-state index contributed by atoms with van der Waals surface area (Å²) in [6, 6.07) is 10.5. The van der Waals surface area contributed by atoms with Crippen molar-refractivity contribution in [2.24, 2.45) is 0 Å². The van der Waals surface area contributed by atoms with Gasteiger partial charge >= 0.3 is 0 Å². The molecule has 0 unspecified atom stereocenters. The van der Waals surface area contributed by atoms with E-state index in [1.807, 2.05) is 24.3 Å². The lowest BCUT2D eigenvalue weighted by atomic mass is 10.2. The molecular weight excluding hydrogens is 304 g/mol. The van der Waals surface area contributed by atoms with Crippen molar-refractivity contribution in [1.29, 1.82) is 0 Å². The summed E-state index contributed by atoms with van der Waals surface area (Å²) >= 11 is 5.79. The Bertz CT molecular complexity index is 632. The van der Waals surface area contributed by atoms with Crippen LogP contribution in [0.5, 0.6) is 11.5 Å². The Labute approximate surface area is 134 Å². The molecule has 22 heavy (non-hydrogen) atoms. The van der Waals surface area contributed by atoms with E-state index in [9.17, 15) is 4.79 Å². The van der Waals surface area contributed by atoms with Gasteiger partial charge in [0.2, 0.25) is 0 Å². The van der Waals surface area contributed by atoms with Gasteiger partial charge in [-0.3, -0.25) is 4.79 Å². The van der Waals surface area contributed by atoms with E-state index in [2.05, 4.69) is 4.98 Å². The summed E-state index contributed by atoms with van der Waals surface area (Å²) in [6.07, 6.45) is 1.51. The fourth-order valence-electron chi connectivity index (χ4n) is 1.83. The van der Waals surface area contributed by atoms with Crippen LogP contribution < -0.4 is 9.47 Å². The Morgan fingerprint density at radius 1 is 1.23 bits per heavy atom. The van der Waals surface area contributed by atoms with Gasteiger partial charge in [0, 0.05) is 18.8 Å². The number of carbonyl (C=O) groups excluding carboxylic acids is 1. The first-order valence-electron chi connectivity index (χ1n) is 6.74. The molecule has 0 aliphatic heterocycles. The number of nitrogens with zero attached hydrogens (tertiary/aromatic N) is 2. The SMILES string of the molecule is COc1ccc(OCCN(C)C(=O)c2ccnc(Cl)c2)cc1. The number of hydrogen-bond donors (Lipinski definition) is 0. The maximum absolute atomic E-state index is 12.2. The standard InChI is InChI=1S/C16H17ClN2O3/c1-19(16(20)12-7-8-18-15(17)11-12)9-10-22-14-5-3-13(21-2)4-6-14/h3-8,11H,9-10H2,1-2H3. The van der Waals surface area contributed by atoms with E-state index in [1.54, 1.807) is 31.2 Å². The topological polar surface area (TPSA) is 51.7 Å². The van der Waals surface area contributed by atoms with Crippen LogP contribution in [0.25, 0.3) is 0 Å².